The van der Waals surface area contributed by atoms with E-state index in [-0.39, 0.29) is 24.4 Å². The molecule has 0 saturated carbocycles. The van der Waals surface area contributed by atoms with Crippen LogP contribution in [0.25, 0.3) is 0 Å². The van der Waals surface area contributed by atoms with Crippen LogP contribution in [0.3, 0.4) is 0 Å². The van der Waals surface area contributed by atoms with E-state index in [2.05, 4.69) is 29.8 Å². The number of carbonyl (C=O) groups excluding carboxylic acids is 2. The molecule has 234 valence electrons. The number of methoxy groups -OCH3 is 1. The fourth-order valence-electron chi connectivity index (χ4n) is 5.48. The van der Waals surface area contributed by atoms with E-state index in [0.717, 1.165) is 35.4 Å². The second kappa shape index (κ2) is 18.9. The molecule has 6 nitrogen and oxygen atoms in total. The molecule has 3 rings (SSSR count). The third-order valence-corrected chi connectivity index (χ3v) is 8.08. The van der Waals surface area contributed by atoms with Gasteiger partial charge in [0.1, 0.15) is 5.75 Å². The van der Waals surface area contributed by atoms with Crippen molar-refractivity contribution in [3.8, 4) is 5.75 Å². The lowest BCUT2D eigenvalue weighted by atomic mass is 10.1. The molecule has 1 heterocycles. The van der Waals surface area contributed by atoms with Crippen molar-refractivity contribution >= 4 is 11.8 Å². The average molecular weight is 588 g/mol. The van der Waals surface area contributed by atoms with E-state index in [4.69, 9.17) is 4.74 Å². The lowest BCUT2D eigenvalue weighted by molar-refractivity contribution is -0.142. The molecule has 0 N–H and O–H groups in total. The van der Waals surface area contributed by atoms with Gasteiger partial charge in [-0.2, -0.15) is 0 Å². The summed E-state index contributed by atoms with van der Waals surface area (Å²) in [5, 5.41) is 0. The molecular formula is C37H53N3O3. The fraction of sp³-hybridized carbons (Fsp3) is 0.514. The Morgan fingerprint density at radius 3 is 2.12 bits per heavy atom. The van der Waals surface area contributed by atoms with Gasteiger partial charge in [-0.1, -0.05) is 101 Å². The maximum Gasteiger partial charge on any atom is 0.242 e. The van der Waals surface area contributed by atoms with Gasteiger partial charge in [-0.3, -0.25) is 9.59 Å². The lowest BCUT2D eigenvalue weighted by Crippen LogP contribution is -2.45. The third kappa shape index (κ3) is 11.9. The van der Waals surface area contributed by atoms with Crippen molar-refractivity contribution in [3.63, 3.8) is 0 Å². The first-order valence-corrected chi connectivity index (χ1v) is 16.3. The van der Waals surface area contributed by atoms with E-state index in [0.29, 0.717) is 26.1 Å². The number of carbonyl (C=O) groups is 2. The highest BCUT2D eigenvalue weighted by atomic mass is 16.5. The SMILES string of the molecule is CCCCCCCCCCCC(=O)N(CC(=O)N(Cc1ccccc1)Cc1cccn1Cc1cccc(OC)c1)C(C)C. The molecule has 0 unspecified atom stereocenters. The van der Waals surface area contributed by atoms with Gasteiger partial charge in [-0.05, 0) is 55.7 Å². The molecule has 2 amide bonds. The minimum absolute atomic E-state index is 0.0351. The standard InChI is InChI=1S/C37H53N3O3/c1-5-6-7-8-9-10-11-12-16-24-36(41)40(31(2)3)30-37(42)39(27-32-19-14-13-15-20-32)29-34-22-18-25-38(34)28-33-21-17-23-35(26-33)43-4/h13-15,17-23,25-26,31H,5-12,16,24,27-30H2,1-4H3. The summed E-state index contributed by atoms with van der Waals surface area (Å²) in [5.41, 5.74) is 3.24. The fourth-order valence-corrected chi connectivity index (χ4v) is 5.48. The summed E-state index contributed by atoms with van der Waals surface area (Å²) in [4.78, 5) is 30.8. The summed E-state index contributed by atoms with van der Waals surface area (Å²) in [5.74, 6) is 0.868. The van der Waals surface area contributed by atoms with E-state index in [1.165, 1.54) is 44.9 Å². The van der Waals surface area contributed by atoms with E-state index in [1.807, 2.05) is 73.3 Å². The Balaban J connectivity index is 1.63. The number of amides is 2. The number of ether oxygens (including phenoxy) is 1. The molecule has 0 fully saturated rings. The molecular weight excluding hydrogens is 534 g/mol. The predicted molar refractivity (Wildman–Crippen MR) is 176 cm³/mol. The van der Waals surface area contributed by atoms with Crippen LogP contribution >= 0.6 is 0 Å². The minimum Gasteiger partial charge on any atom is -0.497 e. The van der Waals surface area contributed by atoms with Gasteiger partial charge in [-0.25, -0.2) is 0 Å². The van der Waals surface area contributed by atoms with Crippen molar-refractivity contribution in [2.24, 2.45) is 0 Å². The summed E-state index contributed by atoms with van der Waals surface area (Å²) < 4.78 is 7.58. The minimum atomic E-state index is -0.0366. The van der Waals surface area contributed by atoms with E-state index < -0.39 is 0 Å². The first-order valence-electron chi connectivity index (χ1n) is 16.3. The Morgan fingerprint density at radius 2 is 1.44 bits per heavy atom. The number of hydrogen-bond acceptors (Lipinski definition) is 3. The van der Waals surface area contributed by atoms with Crippen molar-refractivity contribution in [2.75, 3.05) is 13.7 Å². The van der Waals surface area contributed by atoms with Gasteiger partial charge in [0.15, 0.2) is 0 Å². The zero-order valence-electron chi connectivity index (χ0n) is 27.0. The highest BCUT2D eigenvalue weighted by molar-refractivity contribution is 5.85. The monoisotopic (exact) mass is 587 g/mol. The summed E-state index contributed by atoms with van der Waals surface area (Å²) in [7, 11) is 1.68. The van der Waals surface area contributed by atoms with Gasteiger partial charge < -0.3 is 19.1 Å². The summed E-state index contributed by atoms with van der Waals surface area (Å²) >= 11 is 0. The number of hydrogen-bond donors (Lipinski definition) is 0. The second-order valence-corrected chi connectivity index (χ2v) is 11.9. The molecule has 0 radical (unpaired) electrons. The molecule has 1 aromatic heterocycles. The molecule has 3 aromatic rings. The largest absolute Gasteiger partial charge is 0.497 e. The zero-order valence-corrected chi connectivity index (χ0v) is 27.0. The summed E-state index contributed by atoms with van der Waals surface area (Å²) in [6.45, 7) is 7.98. The molecule has 2 aromatic carbocycles. The van der Waals surface area contributed by atoms with Gasteiger partial charge in [0.25, 0.3) is 0 Å². The van der Waals surface area contributed by atoms with E-state index >= 15 is 0 Å². The maximum absolute atomic E-state index is 13.9. The molecule has 0 atom stereocenters. The van der Waals surface area contributed by atoms with Crippen LogP contribution in [-0.4, -0.2) is 45.9 Å². The number of nitrogens with zero attached hydrogens (tertiary/aromatic N) is 3. The first kappa shape index (κ1) is 34.0. The molecule has 6 heteroatoms. The van der Waals surface area contributed by atoms with E-state index in [9.17, 15) is 9.59 Å². The third-order valence-electron chi connectivity index (χ3n) is 8.08. The van der Waals surface area contributed by atoms with Gasteiger partial charge in [0.2, 0.25) is 11.8 Å². The molecule has 0 bridgehead atoms. The summed E-state index contributed by atoms with van der Waals surface area (Å²) in [6, 6.07) is 22.2. The highest BCUT2D eigenvalue weighted by Crippen LogP contribution is 2.18. The quantitative estimate of drug-likeness (QED) is 0.125. The van der Waals surface area contributed by atoms with Gasteiger partial charge in [0.05, 0.1) is 20.2 Å². The average Bonchev–Trinajstić information content (AvgIpc) is 3.44. The normalized spacial score (nSPS) is 11.1. The van der Waals surface area contributed by atoms with Crippen LogP contribution in [0.1, 0.15) is 102 Å². The van der Waals surface area contributed by atoms with Crippen LogP contribution in [0.5, 0.6) is 5.75 Å². The van der Waals surface area contributed by atoms with Gasteiger partial charge in [0, 0.05) is 37.4 Å². The molecule has 0 aliphatic carbocycles. The van der Waals surface area contributed by atoms with Crippen molar-refractivity contribution in [1.29, 1.82) is 0 Å². The van der Waals surface area contributed by atoms with Crippen LogP contribution in [0.2, 0.25) is 0 Å². The van der Waals surface area contributed by atoms with Crippen LogP contribution < -0.4 is 4.74 Å². The smallest absolute Gasteiger partial charge is 0.242 e. The van der Waals surface area contributed by atoms with Crippen LogP contribution in [0, 0.1) is 0 Å². The van der Waals surface area contributed by atoms with Crippen LogP contribution in [-0.2, 0) is 29.2 Å². The Kier molecular flexibility index (Phi) is 14.9. The van der Waals surface area contributed by atoms with Crippen molar-refractivity contribution in [3.05, 3.63) is 89.7 Å². The maximum atomic E-state index is 13.9. The summed E-state index contributed by atoms with van der Waals surface area (Å²) in [6.07, 6.45) is 13.5. The highest BCUT2D eigenvalue weighted by Gasteiger charge is 2.24. The van der Waals surface area contributed by atoms with Gasteiger partial charge in [-0.15, -0.1) is 0 Å². The number of rotatable bonds is 20. The van der Waals surface area contributed by atoms with Gasteiger partial charge >= 0.3 is 0 Å². The first-order chi connectivity index (χ1) is 20.9. The zero-order chi connectivity index (χ0) is 30.9. The molecule has 0 spiro atoms. The van der Waals surface area contributed by atoms with Crippen molar-refractivity contribution in [2.45, 2.75) is 111 Å². The topological polar surface area (TPSA) is 54.8 Å². The molecule has 0 saturated heterocycles. The molecule has 43 heavy (non-hydrogen) atoms. The van der Waals surface area contributed by atoms with Crippen molar-refractivity contribution in [1.82, 2.24) is 14.4 Å². The Bertz CT molecular complexity index is 1220. The second-order valence-electron chi connectivity index (χ2n) is 11.9. The van der Waals surface area contributed by atoms with E-state index in [1.54, 1.807) is 12.0 Å². The Hall–Kier alpha value is -3.54. The number of aromatic nitrogens is 1. The molecule has 0 aliphatic rings. The number of unbranched alkanes of at least 4 members (excludes halogenated alkanes) is 8. The molecule has 0 aliphatic heterocycles. The van der Waals surface area contributed by atoms with Crippen LogP contribution in [0.15, 0.2) is 72.9 Å². The predicted octanol–water partition coefficient (Wildman–Crippen LogP) is 8.23. The van der Waals surface area contributed by atoms with Crippen LogP contribution in [0.4, 0.5) is 0 Å². The lowest BCUT2D eigenvalue weighted by Gasteiger charge is -2.30. The Labute approximate surface area is 260 Å². The Morgan fingerprint density at radius 1 is 0.767 bits per heavy atom. The number of benzene rings is 2. The van der Waals surface area contributed by atoms with Crippen molar-refractivity contribution < 1.29 is 14.3 Å².